The highest BCUT2D eigenvalue weighted by molar-refractivity contribution is 5.86. The number of nitrogens with zero attached hydrogens (tertiary/aromatic N) is 1. The van der Waals surface area contributed by atoms with Crippen molar-refractivity contribution in [1.29, 1.82) is 0 Å². The fourth-order valence-corrected chi connectivity index (χ4v) is 2.66. The summed E-state index contributed by atoms with van der Waals surface area (Å²) in [6.45, 7) is 10.8. The Bertz CT molecular complexity index is 497. The Morgan fingerprint density at radius 1 is 1.43 bits per heavy atom. The first-order valence-corrected chi connectivity index (χ1v) is 7.64. The van der Waals surface area contributed by atoms with Crippen LogP contribution < -0.4 is 5.32 Å². The van der Waals surface area contributed by atoms with E-state index in [9.17, 15) is 19.5 Å². The number of carboxylic acid groups (broad SMARTS) is 1. The summed E-state index contributed by atoms with van der Waals surface area (Å²) in [5, 5.41) is 12.2. The van der Waals surface area contributed by atoms with Gasteiger partial charge in [-0.15, -0.1) is 0 Å². The molecule has 2 N–H and O–H groups in total. The monoisotopic (exact) mass is 326 g/mol. The molecule has 1 fully saturated rings. The number of carboxylic acids is 1. The Labute approximate surface area is 136 Å². The quantitative estimate of drug-likeness (QED) is 0.751. The van der Waals surface area contributed by atoms with E-state index in [1.54, 1.807) is 20.8 Å². The van der Waals surface area contributed by atoms with E-state index in [2.05, 4.69) is 11.9 Å². The molecular weight excluding hydrogens is 300 g/mol. The fourth-order valence-electron chi connectivity index (χ4n) is 2.66. The summed E-state index contributed by atoms with van der Waals surface area (Å²) in [6, 6.07) is 0. The Balaban J connectivity index is 2.76. The molecule has 1 rings (SSSR count). The van der Waals surface area contributed by atoms with Crippen LogP contribution in [0.1, 0.15) is 40.5 Å². The number of nitrogens with one attached hydrogen (secondary N) is 1. The van der Waals surface area contributed by atoms with Gasteiger partial charge in [0.2, 0.25) is 5.91 Å². The molecule has 2 amide bonds. The number of hydrogen-bond acceptors (Lipinski definition) is 4. The van der Waals surface area contributed by atoms with Gasteiger partial charge in [0.15, 0.2) is 0 Å². The number of carbonyl (C=O) groups excluding carboxylic acids is 2. The lowest BCUT2D eigenvalue weighted by molar-refractivity contribution is -0.148. The van der Waals surface area contributed by atoms with Gasteiger partial charge in [-0.05, 0) is 52.5 Å². The minimum Gasteiger partial charge on any atom is -0.480 e. The standard InChI is InChI=1S/C16H26N2O5/c1-6-12(19)17-8-7-11-9-16(5,13(20)21)18(10-11)14(22)23-15(2,3)4/h6,11H,1,7-10H2,2-5H3,(H,17,19)(H,20,21)/t11?,16-/m0/s1. The highest BCUT2D eigenvalue weighted by atomic mass is 16.6. The van der Waals surface area contributed by atoms with E-state index in [0.29, 0.717) is 25.9 Å². The van der Waals surface area contributed by atoms with Gasteiger partial charge in [0.25, 0.3) is 0 Å². The topological polar surface area (TPSA) is 95.9 Å². The third-order valence-electron chi connectivity index (χ3n) is 3.83. The maximum atomic E-state index is 12.3. The average Bonchev–Trinajstić information content (AvgIpc) is 2.75. The molecule has 1 unspecified atom stereocenters. The number of likely N-dealkylation sites (tertiary alicyclic amines) is 1. The lowest BCUT2D eigenvalue weighted by atomic mass is 9.92. The van der Waals surface area contributed by atoms with Crippen LogP contribution in [0.4, 0.5) is 4.79 Å². The summed E-state index contributed by atoms with van der Waals surface area (Å²) in [4.78, 5) is 36.4. The van der Waals surface area contributed by atoms with E-state index in [1.165, 1.54) is 17.9 Å². The van der Waals surface area contributed by atoms with Crippen molar-refractivity contribution in [3.63, 3.8) is 0 Å². The van der Waals surface area contributed by atoms with E-state index in [1.807, 2.05) is 0 Å². The Kier molecular flexibility index (Phi) is 5.80. The van der Waals surface area contributed by atoms with Crippen molar-refractivity contribution in [3.8, 4) is 0 Å². The zero-order valence-corrected chi connectivity index (χ0v) is 14.2. The number of carbonyl (C=O) groups is 3. The van der Waals surface area contributed by atoms with Gasteiger partial charge < -0.3 is 15.2 Å². The second-order valence-electron chi connectivity index (χ2n) is 7.02. The van der Waals surface area contributed by atoms with Crippen LogP contribution in [0.15, 0.2) is 12.7 Å². The maximum Gasteiger partial charge on any atom is 0.411 e. The Morgan fingerprint density at radius 3 is 2.52 bits per heavy atom. The summed E-state index contributed by atoms with van der Waals surface area (Å²) in [6.07, 6.45) is 1.47. The first kappa shape index (κ1) is 19.0. The Morgan fingerprint density at radius 2 is 2.04 bits per heavy atom. The van der Waals surface area contributed by atoms with Crippen molar-refractivity contribution in [2.75, 3.05) is 13.1 Å². The maximum absolute atomic E-state index is 12.3. The first-order chi connectivity index (χ1) is 10.5. The van der Waals surface area contributed by atoms with Crippen LogP contribution in [-0.4, -0.2) is 52.2 Å². The predicted molar refractivity (Wildman–Crippen MR) is 84.9 cm³/mol. The van der Waals surface area contributed by atoms with Crippen LogP contribution in [-0.2, 0) is 14.3 Å². The van der Waals surface area contributed by atoms with Crippen LogP contribution in [0.5, 0.6) is 0 Å². The number of hydrogen-bond donors (Lipinski definition) is 2. The summed E-state index contributed by atoms with van der Waals surface area (Å²) in [5.41, 5.74) is -1.98. The molecule has 0 aromatic carbocycles. The van der Waals surface area contributed by atoms with Gasteiger partial charge in [-0.2, -0.15) is 0 Å². The molecular formula is C16H26N2O5. The smallest absolute Gasteiger partial charge is 0.411 e. The van der Waals surface area contributed by atoms with Gasteiger partial charge in [-0.1, -0.05) is 6.58 Å². The minimum atomic E-state index is -1.30. The first-order valence-electron chi connectivity index (χ1n) is 7.64. The molecule has 7 heteroatoms. The second-order valence-corrected chi connectivity index (χ2v) is 7.02. The molecule has 1 saturated heterocycles. The molecule has 7 nitrogen and oxygen atoms in total. The average molecular weight is 326 g/mol. The number of amides is 2. The molecule has 1 aliphatic heterocycles. The number of ether oxygens (including phenoxy) is 1. The molecule has 1 heterocycles. The second kappa shape index (κ2) is 7.02. The van der Waals surface area contributed by atoms with Crippen molar-refractivity contribution in [1.82, 2.24) is 10.2 Å². The van der Waals surface area contributed by atoms with Crippen molar-refractivity contribution < 1.29 is 24.2 Å². The van der Waals surface area contributed by atoms with E-state index in [4.69, 9.17) is 4.74 Å². The van der Waals surface area contributed by atoms with Crippen LogP contribution in [0.25, 0.3) is 0 Å². The zero-order chi connectivity index (χ0) is 17.8. The van der Waals surface area contributed by atoms with Crippen molar-refractivity contribution in [2.24, 2.45) is 5.92 Å². The highest BCUT2D eigenvalue weighted by Crippen LogP contribution is 2.36. The molecule has 0 spiro atoms. The molecule has 0 aromatic rings. The fraction of sp³-hybridized carbons (Fsp3) is 0.688. The largest absolute Gasteiger partial charge is 0.480 e. The Hall–Kier alpha value is -2.05. The van der Waals surface area contributed by atoms with Crippen LogP contribution in [0.3, 0.4) is 0 Å². The molecule has 2 atom stereocenters. The van der Waals surface area contributed by atoms with E-state index in [0.717, 1.165) is 0 Å². The summed E-state index contributed by atoms with van der Waals surface area (Å²) < 4.78 is 5.32. The summed E-state index contributed by atoms with van der Waals surface area (Å²) in [7, 11) is 0. The van der Waals surface area contributed by atoms with E-state index >= 15 is 0 Å². The van der Waals surface area contributed by atoms with Crippen LogP contribution in [0.2, 0.25) is 0 Å². The van der Waals surface area contributed by atoms with E-state index < -0.39 is 23.2 Å². The van der Waals surface area contributed by atoms with Crippen molar-refractivity contribution >= 4 is 18.0 Å². The minimum absolute atomic E-state index is 0.0197. The third-order valence-corrected chi connectivity index (χ3v) is 3.83. The summed E-state index contributed by atoms with van der Waals surface area (Å²) in [5.74, 6) is -1.34. The molecule has 23 heavy (non-hydrogen) atoms. The molecule has 0 radical (unpaired) electrons. The SMILES string of the molecule is C=CC(=O)NCCC1CN(C(=O)OC(C)(C)C)[C@](C)(C(=O)O)C1. The lowest BCUT2D eigenvalue weighted by Gasteiger charge is -2.32. The molecule has 0 saturated carbocycles. The van der Waals surface area contributed by atoms with Gasteiger partial charge in [0, 0.05) is 13.1 Å². The van der Waals surface area contributed by atoms with Crippen molar-refractivity contribution in [3.05, 3.63) is 12.7 Å². The third kappa shape index (κ3) is 4.97. The molecule has 0 aliphatic carbocycles. The normalized spacial score (nSPS) is 24.2. The predicted octanol–water partition coefficient (Wildman–Crippen LogP) is 1.78. The van der Waals surface area contributed by atoms with Gasteiger partial charge in [-0.3, -0.25) is 9.69 Å². The van der Waals surface area contributed by atoms with Gasteiger partial charge >= 0.3 is 12.1 Å². The molecule has 1 aliphatic rings. The highest BCUT2D eigenvalue weighted by Gasteiger charge is 2.51. The number of rotatable bonds is 5. The van der Waals surface area contributed by atoms with Crippen molar-refractivity contribution in [2.45, 2.75) is 51.7 Å². The molecule has 0 aromatic heterocycles. The van der Waals surface area contributed by atoms with Crippen LogP contribution in [0, 0.1) is 5.92 Å². The number of aliphatic carboxylic acids is 1. The summed E-state index contributed by atoms with van der Waals surface area (Å²) >= 11 is 0. The van der Waals surface area contributed by atoms with Gasteiger partial charge in [0.05, 0.1) is 0 Å². The van der Waals surface area contributed by atoms with Gasteiger partial charge in [-0.25, -0.2) is 9.59 Å². The molecule has 130 valence electrons. The van der Waals surface area contributed by atoms with Crippen LogP contribution >= 0.6 is 0 Å². The molecule has 0 bridgehead atoms. The lowest BCUT2D eigenvalue weighted by Crippen LogP contribution is -2.52. The van der Waals surface area contributed by atoms with Gasteiger partial charge in [0.1, 0.15) is 11.1 Å². The van der Waals surface area contributed by atoms with E-state index in [-0.39, 0.29) is 11.8 Å². The zero-order valence-electron chi connectivity index (χ0n) is 14.2.